The molecule has 10 heteroatoms. The van der Waals surface area contributed by atoms with E-state index in [1.54, 1.807) is 12.3 Å². The molecule has 1 amide bonds. The summed E-state index contributed by atoms with van der Waals surface area (Å²) in [6.07, 6.45) is 2.12. The number of thiazole rings is 1. The van der Waals surface area contributed by atoms with Gasteiger partial charge in [0, 0.05) is 34.5 Å². The standard InChI is InChI=1S/C22H18FN3O3S3/c23-17-6-1-4-15(10-17)11-19-13-24-22(31-19)26-21(27)16-5-2-8-20(12-16)32(28,29)25-14-18-7-3-9-30-18/h1-10,12-13,25H,11,14H2,(H,24,26,27). The van der Waals surface area contributed by atoms with Crippen LogP contribution in [0.25, 0.3) is 0 Å². The molecule has 0 aliphatic heterocycles. The summed E-state index contributed by atoms with van der Waals surface area (Å²) in [5.41, 5.74) is 1.00. The molecular formula is C22H18FN3O3S3. The highest BCUT2D eigenvalue weighted by Crippen LogP contribution is 2.22. The number of hydrogen-bond acceptors (Lipinski definition) is 6. The third-order valence-corrected chi connectivity index (χ3v) is 7.65. The molecule has 2 N–H and O–H groups in total. The fourth-order valence-electron chi connectivity index (χ4n) is 2.93. The molecule has 2 aromatic carbocycles. The van der Waals surface area contributed by atoms with E-state index < -0.39 is 15.9 Å². The van der Waals surface area contributed by atoms with Crippen LogP contribution < -0.4 is 10.0 Å². The Bertz CT molecular complexity index is 1340. The molecule has 2 heterocycles. The quantitative estimate of drug-likeness (QED) is 0.378. The summed E-state index contributed by atoms with van der Waals surface area (Å²) in [7, 11) is -3.77. The first-order chi connectivity index (χ1) is 15.4. The van der Waals surface area contributed by atoms with Gasteiger partial charge < -0.3 is 0 Å². The van der Waals surface area contributed by atoms with Gasteiger partial charge in [0.05, 0.1) is 4.90 Å². The Kier molecular flexibility index (Phi) is 6.75. The Labute approximate surface area is 192 Å². The first-order valence-corrected chi connectivity index (χ1v) is 12.7. The summed E-state index contributed by atoms with van der Waals surface area (Å²) in [6.45, 7) is 0.184. The van der Waals surface area contributed by atoms with Crippen molar-refractivity contribution in [3.8, 4) is 0 Å². The van der Waals surface area contributed by atoms with Gasteiger partial charge in [0.15, 0.2) is 5.13 Å². The fourth-order valence-corrected chi connectivity index (χ4v) is 5.56. The van der Waals surface area contributed by atoms with Crippen LogP contribution >= 0.6 is 22.7 Å². The van der Waals surface area contributed by atoms with Crippen molar-refractivity contribution in [2.45, 2.75) is 17.9 Å². The number of amides is 1. The summed E-state index contributed by atoms with van der Waals surface area (Å²) < 4.78 is 41.1. The number of nitrogens with one attached hydrogen (secondary N) is 2. The van der Waals surface area contributed by atoms with E-state index in [0.29, 0.717) is 11.6 Å². The monoisotopic (exact) mass is 487 g/mol. The molecule has 0 saturated heterocycles. The molecule has 2 aromatic heterocycles. The second kappa shape index (κ2) is 9.70. The smallest absolute Gasteiger partial charge is 0.257 e. The van der Waals surface area contributed by atoms with Crippen molar-refractivity contribution in [2.24, 2.45) is 0 Å². The molecule has 0 unspecified atom stereocenters. The van der Waals surface area contributed by atoms with Crippen molar-refractivity contribution in [3.63, 3.8) is 0 Å². The average molecular weight is 488 g/mol. The average Bonchev–Trinajstić information content (AvgIpc) is 3.45. The highest BCUT2D eigenvalue weighted by Gasteiger charge is 2.17. The Balaban J connectivity index is 1.42. The van der Waals surface area contributed by atoms with Crippen LogP contribution in [-0.4, -0.2) is 19.3 Å². The Morgan fingerprint density at radius 1 is 1.03 bits per heavy atom. The molecule has 0 fully saturated rings. The van der Waals surface area contributed by atoms with Gasteiger partial charge in [-0.05, 0) is 47.3 Å². The minimum absolute atomic E-state index is 0.00707. The minimum atomic E-state index is -3.77. The van der Waals surface area contributed by atoms with Crippen molar-refractivity contribution in [2.75, 3.05) is 5.32 Å². The molecule has 0 bridgehead atoms. The minimum Gasteiger partial charge on any atom is -0.298 e. The summed E-state index contributed by atoms with van der Waals surface area (Å²) in [4.78, 5) is 18.6. The van der Waals surface area contributed by atoms with Gasteiger partial charge in [-0.3, -0.25) is 10.1 Å². The van der Waals surface area contributed by atoms with Crippen LogP contribution in [0, 0.1) is 5.82 Å². The van der Waals surface area contributed by atoms with E-state index in [-0.39, 0.29) is 22.8 Å². The summed E-state index contributed by atoms with van der Waals surface area (Å²) in [5.74, 6) is -0.771. The fraction of sp³-hybridized carbons (Fsp3) is 0.0909. The molecule has 0 aliphatic carbocycles. The number of rotatable bonds is 8. The van der Waals surface area contributed by atoms with Crippen molar-refractivity contribution in [1.29, 1.82) is 0 Å². The predicted octanol–water partition coefficient (Wildman–Crippen LogP) is 4.67. The predicted molar refractivity (Wildman–Crippen MR) is 124 cm³/mol. The van der Waals surface area contributed by atoms with Crippen molar-refractivity contribution in [1.82, 2.24) is 9.71 Å². The van der Waals surface area contributed by atoms with Gasteiger partial charge in [0.1, 0.15) is 5.82 Å². The van der Waals surface area contributed by atoms with Crippen LogP contribution in [0.3, 0.4) is 0 Å². The lowest BCUT2D eigenvalue weighted by Gasteiger charge is -2.08. The van der Waals surface area contributed by atoms with Crippen molar-refractivity contribution in [3.05, 3.63) is 98.9 Å². The summed E-state index contributed by atoms with van der Waals surface area (Å²) >= 11 is 2.73. The largest absolute Gasteiger partial charge is 0.298 e. The molecule has 0 atom stereocenters. The number of carbonyl (C=O) groups is 1. The van der Waals surface area contributed by atoms with Gasteiger partial charge in [-0.1, -0.05) is 24.3 Å². The van der Waals surface area contributed by atoms with Crippen LogP contribution in [-0.2, 0) is 23.0 Å². The zero-order valence-electron chi connectivity index (χ0n) is 16.6. The van der Waals surface area contributed by atoms with Crippen LogP contribution in [0.1, 0.15) is 25.7 Å². The molecular weight excluding hydrogens is 469 g/mol. The Morgan fingerprint density at radius 2 is 1.88 bits per heavy atom. The van der Waals surface area contributed by atoms with Gasteiger partial charge in [0.2, 0.25) is 10.0 Å². The molecule has 4 rings (SSSR count). The number of benzene rings is 2. The molecule has 0 spiro atoms. The van der Waals surface area contributed by atoms with E-state index in [9.17, 15) is 17.6 Å². The second-order valence-corrected chi connectivity index (χ2v) is 10.7. The van der Waals surface area contributed by atoms with E-state index in [1.165, 1.54) is 59.1 Å². The Morgan fingerprint density at radius 3 is 2.66 bits per heavy atom. The maximum absolute atomic E-state index is 13.4. The molecule has 164 valence electrons. The number of aromatic nitrogens is 1. The number of halogens is 1. The van der Waals surface area contributed by atoms with Crippen LogP contribution in [0.5, 0.6) is 0 Å². The number of thiophene rings is 1. The third kappa shape index (κ3) is 5.65. The maximum atomic E-state index is 13.4. The van der Waals surface area contributed by atoms with Gasteiger partial charge in [-0.15, -0.1) is 22.7 Å². The van der Waals surface area contributed by atoms with Crippen molar-refractivity contribution < 1.29 is 17.6 Å². The summed E-state index contributed by atoms with van der Waals surface area (Å²) in [6, 6.07) is 15.8. The van der Waals surface area contributed by atoms with Gasteiger partial charge >= 0.3 is 0 Å². The number of nitrogens with zero attached hydrogens (tertiary/aromatic N) is 1. The van der Waals surface area contributed by atoms with E-state index in [2.05, 4.69) is 15.0 Å². The van der Waals surface area contributed by atoms with Crippen LogP contribution in [0.4, 0.5) is 9.52 Å². The second-order valence-electron chi connectivity index (χ2n) is 6.82. The zero-order chi connectivity index (χ0) is 22.6. The molecule has 0 aliphatic rings. The summed E-state index contributed by atoms with van der Waals surface area (Å²) in [5, 5.41) is 4.94. The van der Waals surface area contributed by atoms with Gasteiger partial charge in [0.25, 0.3) is 5.91 Å². The molecule has 6 nitrogen and oxygen atoms in total. The third-order valence-electron chi connectivity index (χ3n) is 4.46. The molecule has 0 radical (unpaired) electrons. The number of anilines is 1. The van der Waals surface area contributed by atoms with Crippen LogP contribution in [0.2, 0.25) is 0 Å². The number of hydrogen-bond donors (Lipinski definition) is 2. The topological polar surface area (TPSA) is 88.2 Å². The normalized spacial score (nSPS) is 11.4. The maximum Gasteiger partial charge on any atom is 0.257 e. The zero-order valence-corrected chi connectivity index (χ0v) is 19.1. The lowest BCUT2D eigenvalue weighted by Crippen LogP contribution is -2.23. The highest BCUT2D eigenvalue weighted by molar-refractivity contribution is 7.89. The van der Waals surface area contributed by atoms with Gasteiger partial charge in [-0.2, -0.15) is 0 Å². The SMILES string of the molecule is O=C(Nc1ncc(Cc2cccc(F)c2)s1)c1cccc(S(=O)(=O)NCc2cccs2)c1. The first kappa shape index (κ1) is 22.3. The van der Waals surface area contributed by atoms with E-state index in [4.69, 9.17) is 0 Å². The highest BCUT2D eigenvalue weighted by atomic mass is 32.2. The van der Waals surface area contributed by atoms with E-state index in [1.807, 2.05) is 23.6 Å². The molecule has 0 saturated carbocycles. The van der Waals surface area contributed by atoms with E-state index >= 15 is 0 Å². The molecule has 4 aromatic rings. The number of carbonyl (C=O) groups excluding carboxylic acids is 1. The van der Waals surface area contributed by atoms with Crippen molar-refractivity contribution >= 4 is 43.7 Å². The first-order valence-electron chi connectivity index (χ1n) is 9.52. The van der Waals surface area contributed by atoms with Gasteiger partial charge in [-0.25, -0.2) is 22.5 Å². The Hall–Kier alpha value is -2.92. The lowest BCUT2D eigenvalue weighted by molar-refractivity contribution is 0.102. The lowest BCUT2D eigenvalue weighted by atomic mass is 10.1. The number of sulfonamides is 1. The van der Waals surface area contributed by atoms with E-state index in [0.717, 1.165) is 15.3 Å². The van der Waals surface area contributed by atoms with Crippen LogP contribution in [0.15, 0.2) is 77.1 Å². The molecule has 32 heavy (non-hydrogen) atoms.